The molecule has 4 heteroatoms. The molecule has 4 rings (SSSR count). The molecule has 1 amide bonds. The molecule has 0 atom stereocenters. The standard InChI is InChI=1S/C21H18BNOS/c22-15-7-5-6-14(12-15)21(24)23-19-10-3-1-8-16(19)18-13-25-20-11-4-2-9-17(18)20/h1-2,4-9,11-13H,3,10,22H2,(H,23,24). The topological polar surface area (TPSA) is 29.1 Å². The third-order valence-electron chi connectivity index (χ3n) is 4.49. The maximum atomic E-state index is 12.7. The first-order chi connectivity index (χ1) is 12.2. The van der Waals surface area contributed by atoms with E-state index in [4.69, 9.17) is 0 Å². The van der Waals surface area contributed by atoms with E-state index < -0.39 is 0 Å². The van der Waals surface area contributed by atoms with E-state index in [1.165, 1.54) is 15.6 Å². The molecule has 3 aromatic rings. The first-order valence-corrected chi connectivity index (χ1v) is 9.34. The number of fused-ring (bicyclic) bond motifs is 1. The highest BCUT2D eigenvalue weighted by Gasteiger charge is 2.17. The van der Waals surface area contributed by atoms with Gasteiger partial charge in [-0.2, -0.15) is 0 Å². The van der Waals surface area contributed by atoms with Crippen molar-refractivity contribution in [3.63, 3.8) is 0 Å². The van der Waals surface area contributed by atoms with Gasteiger partial charge in [-0.15, -0.1) is 11.3 Å². The molecule has 1 aliphatic carbocycles. The lowest BCUT2D eigenvalue weighted by Crippen LogP contribution is -2.25. The molecule has 1 aliphatic rings. The molecule has 122 valence electrons. The average molecular weight is 343 g/mol. The summed E-state index contributed by atoms with van der Waals surface area (Å²) in [6.45, 7) is 0. The third kappa shape index (κ3) is 3.18. The van der Waals surface area contributed by atoms with Crippen LogP contribution in [-0.2, 0) is 0 Å². The maximum Gasteiger partial charge on any atom is 0.255 e. The Kier molecular flexibility index (Phi) is 4.28. The SMILES string of the molecule is Bc1cccc(C(=O)NC2=C(c3csc4ccccc34)C=CCC2)c1. The Balaban J connectivity index is 1.73. The van der Waals surface area contributed by atoms with Gasteiger partial charge in [-0.1, -0.05) is 54.0 Å². The molecule has 0 radical (unpaired) electrons. The van der Waals surface area contributed by atoms with Crippen LogP contribution in [0.1, 0.15) is 28.8 Å². The van der Waals surface area contributed by atoms with Crippen molar-refractivity contribution in [1.82, 2.24) is 5.32 Å². The van der Waals surface area contributed by atoms with Crippen molar-refractivity contribution in [2.75, 3.05) is 0 Å². The third-order valence-corrected chi connectivity index (χ3v) is 5.45. The zero-order valence-corrected chi connectivity index (χ0v) is 14.9. The number of hydrogen-bond acceptors (Lipinski definition) is 2. The zero-order valence-electron chi connectivity index (χ0n) is 14.1. The second-order valence-electron chi connectivity index (χ2n) is 6.30. The van der Waals surface area contributed by atoms with Gasteiger partial charge in [-0.25, -0.2) is 0 Å². The fraction of sp³-hybridized carbons (Fsp3) is 0.0952. The van der Waals surface area contributed by atoms with Crippen molar-refractivity contribution in [3.8, 4) is 0 Å². The largest absolute Gasteiger partial charge is 0.325 e. The molecule has 0 saturated carbocycles. The highest BCUT2D eigenvalue weighted by atomic mass is 32.1. The summed E-state index contributed by atoms with van der Waals surface area (Å²) in [4.78, 5) is 12.7. The maximum absolute atomic E-state index is 12.7. The van der Waals surface area contributed by atoms with E-state index in [2.05, 4.69) is 47.1 Å². The minimum atomic E-state index is -0.0361. The lowest BCUT2D eigenvalue weighted by atomic mass is 9.93. The molecule has 0 aliphatic heterocycles. The second-order valence-corrected chi connectivity index (χ2v) is 7.21. The van der Waals surface area contributed by atoms with Crippen LogP contribution in [0.3, 0.4) is 0 Å². The lowest BCUT2D eigenvalue weighted by Gasteiger charge is -2.17. The van der Waals surface area contributed by atoms with Crippen LogP contribution in [0.15, 0.2) is 71.8 Å². The van der Waals surface area contributed by atoms with Gasteiger partial charge in [-0.05, 0) is 30.4 Å². The highest BCUT2D eigenvalue weighted by molar-refractivity contribution is 7.17. The molecule has 0 bridgehead atoms. The van der Waals surface area contributed by atoms with Gasteiger partial charge in [0.1, 0.15) is 7.85 Å². The number of thiophene rings is 1. The zero-order chi connectivity index (χ0) is 17.2. The Morgan fingerprint density at radius 1 is 1.12 bits per heavy atom. The normalized spacial score (nSPS) is 14.1. The molecular formula is C21H18BNOS. The molecule has 1 aromatic heterocycles. The molecular weight excluding hydrogens is 325 g/mol. The molecule has 2 nitrogen and oxygen atoms in total. The van der Waals surface area contributed by atoms with Gasteiger partial charge >= 0.3 is 0 Å². The van der Waals surface area contributed by atoms with E-state index in [0.717, 1.165) is 29.6 Å². The predicted octanol–water partition coefficient (Wildman–Crippen LogP) is 3.65. The van der Waals surface area contributed by atoms with Crippen LogP contribution in [0.2, 0.25) is 0 Å². The molecule has 0 saturated heterocycles. The van der Waals surface area contributed by atoms with Gasteiger partial charge in [0.2, 0.25) is 0 Å². The molecule has 1 N–H and O–H groups in total. The van der Waals surface area contributed by atoms with Crippen LogP contribution in [0.4, 0.5) is 0 Å². The Hall–Kier alpha value is -2.59. The molecule has 0 fully saturated rings. The van der Waals surface area contributed by atoms with Crippen LogP contribution >= 0.6 is 11.3 Å². The van der Waals surface area contributed by atoms with Gasteiger partial charge < -0.3 is 5.32 Å². The summed E-state index contributed by atoms with van der Waals surface area (Å²) in [6.07, 6.45) is 6.14. The molecule has 1 heterocycles. The van der Waals surface area contributed by atoms with Crippen LogP contribution in [0.25, 0.3) is 15.7 Å². The van der Waals surface area contributed by atoms with Crippen LogP contribution in [0, 0.1) is 0 Å². The van der Waals surface area contributed by atoms with Gasteiger partial charge in [0.15, 0.2) is 0 Å². The number of rotatable bonds is 3. The smallest absolute Gasteiger partial charge is 0.255 e. The van der Waals surface area contributed by atoms with E-state index in [9.17, 15) is 4.79 Å². The predicted molar refractivity (Wildman–Crippen MR) is 109 cm³/mol. The van der Waals surface area contributed by atoms with Gasteiger partial charge in [0.05, 0.1) is 0 Å². The van der Waals surface area contributed by atoms with E-state index in [1.807, 2.05) is 32.1 Å². The summed E-state index contributed by atoms with van der Waals surface area (Å²) in [5.41, 5.74) is 5.14. The number of carbonyl (C=O) groups excluding carboxylic acids is 1. The monoisotopic (exact) mass is 343 g/mol. The van der Waals surface area contributed by atoms with Crippen molar-refractivity contribution in [3.05, 3.63) is 82.9 Å². The summed E-state index contributed by atoms with van der Waals surface area (Å²) < 4.78 is 1.27. The number of carbonyl (C=O) groups is 1. The number of allylic oxidation sites excluding steroid dienone is 4. The first kappa shape index (κ1) is 15.9. The van der Waals surface area contributed by atoms with Gasteiger partial charge in [0, 0.05) is 32.5 Å². The quantitative estimate of drug-likeness (QED) is 0.723. The van der Waals surface area contributed by atoms with E-state index in [0.29, 0.717) is 5.56 Å². The van der Waals surface area contributed by atoms with Crippen molar-refractivity contribution < 1.29 is 4.79 Å². The molecule has 25 heavy (non-hydrogen) atoms. The van der Waals surface area contributed by atoms with Gasteiger partial charge in [-0.3, -0.25) is 4.79 Å². The Morgan fingerprint density at radius 2 is 2.00 bits per heavy atom. The Morgan fingerprint density at radius 3 is 2.88 bits per heavy atom. The fourth-order valence-electron chi connectivity index (χ4n) is 3.23. The van der Waals surface area contributed by atoms with Crippen LogP contribution < -0.4 is 10.8 Å². The summed E-state index contributed by atoms with van der Waals surface area (Å²) in [6, 6.07) is 16.1. The van der Waals surface area contributed by atoms with Crippen molar-refractivity contribution >= 4 is 46.2 Å². The van der Waals surface area contributed by atoms with E-state index >= 15 is 0 Å². The number of benzene rings is 2. The minimum Gasteiger partial charge on any atom is -0.325 e. The number of amides is 1. The molecule has 0 spiro atoms. The number of hydrogen-bond donors (Lipinski definition) is 1. The van der Waals surface area contributed by atoms with Gasteiger partial charge in [0.25, 0.3) is 5.91 Å². The Labute approximate surface area is 152 Å². The van der Waals surface area contributed by atoms with Crippen LogP contribution in [-0.4, -0.2) is 13.8 Å². The highest BCUT2D eigenvalue weighted by Crippen LogP contribution is 2.35. The second kappa shape index (κ2) is 6.73. The summed E-state index contributed by atoms with van der Waals surface area (Å²) in [5.74, 6) is -0.0361. The average Bonchev–Trinajstić information content (AvgIpc) is 3.06. The van der Waals surface area contributed by atoms with E-state index in [-0.39, 0.29) is 5.91 Å². The summed E-state index contributed by atoms with van der Waals surface area (Å²) >= 11 is 1.75. The minimum absolute atomic E-state index is 0.0361. The van der Waals surface area contributed by atoms with Crippen molar-refractivity contribution in [1.29, 1.82) is 0 Å². The molecule has 0 unspecified atom stereocenters. The Bertz CT molecular complexity index is 1020. The van der Waals surface area contributed by atoms with Crippen molar-refractivity contribution in [2.45, 2.75) is 12.8 Å². The number of nitrogens with one attached hydrogen (secondary N) is 1. The fourth-order valence-corrected chi connectivity index (χ4v) is 4.19. The summed E-state index contributed by atoms with van der Waals surface area (Å²) in [7, 11) is 2.00. The van der Waals surface area contributed by atoms with Crippen LogP contribution in [0.5, 0.6) is 0 Å². The summed E-state index contributed by atoms with van der Waals surface area (Å²) in [5, 5.41) is 6.60. The lowest BCUT2D eigenvalue weighted by molar-refractivity contribution is 0.0965. The van der Waals surface area contributed by atoms with E-state index in [1.54, 1.807) is 11.3 Å². The molecule has 2 aromatic carbocycles. The first-order valence-electron chi connectivity index (χ1n) is 8.47. The van der Waals surface area contributed by atoms with Crippen molar-refractivity contribution in [2.24, 2.45) is 0 Å².